The summed E-state index contributed by atoms with van der Waals surface area (Å²) in [5.74, 6) is -0.982. The lowest BCUT2D eigenvalue weighted by Gasteiger charge is -2.18. The number of primary sulfonamides is 1. The fourth-order valence-corrected chi connectivity index (χ4v) is 2.48. The summed E-state index contributed by atoms with van der Waals surface area (Å²) in [7, 11) is -3.94. The van der Waals surface area contributed by atoms with Crippen molar-refractivity contribution in [1.82, 2.24) is 0 Å². The molecule has 0 aromatic carbocycles. The van der Waals surface area contributed by atoms with Crippen LogP contribution in [0.25, 0.3) is 0 Å². The van der Waals surface area contributed by atoms with Crippen LogP contribution in [0, 0.1) is 0 Å². The number of carbonyl (C=O) groups is 1. The summed E-state index contributed by atoms with van der Waals surface area (Å²) in [4.78, 5) is 11.3. The Morgan fingerprint density at radius 3 is 2.35 bits per heavy atom. The zero-order valence-corrected chi connectivity index (χ0v) is 11.9. The third-order valence-corrected chi connectivity index (χ3v) is 3.33. The summed E-state index contributed by atoms with van der Waals surface area (Å²) in [6, 6.07) is 1.02. The molecule has 1 rings (SSSR count). The number of hydrogen-bond donors (Lipinski definition) is 1. The lowest BCUT2D eigenvalue weighted by atomic mass is 10.2. The van der Waals surface area contributed by atoms with Crippen molar-refractivity contribution < 1.29 is 22.4 Å². The van der Waals surface area contributed by atoms with Gasteiger partial charge in [0.25, 0.3) is 0 Å². The molecule has 1 aromatic rings. The van der Waals surface area contributed by atoms with Crippen LogP contribution in [-0.2, 0) is 14.8 Å². The van der Waals surface area contributed by atoms with Crippen molar-refractivity contribution in [3.63, 3.8) is 0 Å². The Hall–Kier alpha value is -0.860. The Labute approximate surface area is 107 Å². The number of sulfonamides is 1. The Balaban J connectivity index is 3.07. The van der Waals surface area contributed by atoms with E-state index in [0.29, 0.717) is 0 Å². The first-order chi connectivity index (χ1) is 7.50. The summed E-state index contributed by atoms with van der Waals surface area (Å²) in [5, 5.41) is 4.93. The van der Waals surface area contributed by atoms with Crippen LogP contribution in [-0.4, -0.2) is 20.0 Å². The van der Waals surface area contributed by atoms with Crippen molar-refractivity contribution in [3.05, 3.63) is 16.5 Å². The second kappa shape index (κ2) is 4.43. The van der Waals surface area contributed by atoms with Crippen molar-refractivity contribution in [3.8, 4) is 0 Å². The summed E-state index contributed by atoms with van der Waals surface area (Å²) >= 11 is 2.87. The molecule has 8 heteroatoms. The van der Waals surface area contributed by atoms with Gasteiger partial charge in [0.05, 0.1) is 0 Å². The molecule has 96 valence electrons. The van der Waals surface area contributed by atoms with Gasteiger partial charge in [0, 0.05) is 6.07 Å². The van der Waals surface area contributed by atoms with Crippen molar-refractivity contribution in [2.75, 3.05) is 0 Å². The summed E-state index contributed by atoms with van der Waals surface area (Å²) in [5.41, 5.74) is -0.696. The van der Waals surface area contributed by atoms with Crippen LogP contribution >= 0.6 is 15.9 Å². The number of ether oxygens (including phenoxy) is 1. The highest BCUT2D eigenvalue weighted by molar-refractivity contribution is 9.10. The Kier molecular flexibility index (Phi) is 3.70. The van der Waals surface area contributed by atoms with Gasteiger partial charge in [-0.05, 0) is 36.7 Å². The number of furan rings is 1. The predicted molar refractivity (Wildman–Crippen MR) is 62.9 cm³/mol. The van der Waals surface area contributed by atoms with Crippen LogP contribution in [0.5, 0.6) is 0 Å². The van der Waals surface area contributed by atoms with E-state index in [0.717, 1.165) is 6.07 Å². The van der Waals surface area contributed by atoms with Gasteiger partial charge in [-0.15, -0.1) is 0 Å². The molecule has 0 atom stereocenters. The second-order valence-corrected chi connectivity index (χ2v) is 6.55. The second-order valence-electron chi connectivity index (χ2n) is 4.30. The highest BCUT2D eigenvalue weighted by atomic mass is 79.9. The van der Waals surface area contributed by atoms with Gasteiger partial charge in [0.1, 0.15) is 10.5 Å². The minimum Gasteiger partial charge on any atom is -0.454 e. The number of hydrogen-bond acceptors (Lipinski definition) is 5. The third-order valence-electron chi connectivity index (χ3n) is 1.56. The van der Waals surface area contributed by atoms with Gasteiger partial charge in [-0.3, -0.25) is 0 Å². The molecule has 0 saturated carbocycles. The van der Waals surface area contributed by atoms with Crippen molar-refractivity contribution >= 4 is 31.9 Å². The Morgan fingerprint density at radius 2 is 2.00 bits per heavy atom. The average Bonchev–Trinajstić information content (AvgIpc) is 2.42. The normalized spacial score (nSPS) is 12.5. The molecule has 0 saturated heterocycles. The molecule has 17 heavy (non-hydrogen) atoms. The van der Waals surface area contributed by atoms with Crippen molar-refractivity contribution in [2.24, 2.45) is 5.14 Å². The van der Waals surface area contributed by atoms with E-state index in [4.69, 9.17) is 14.3 Å². The van der Waals surface area contributed by atoms with E-state index in [-0.39, 0.29) is 15.3 Å². The summed E-state index contributed by atoms with van der Waals surface area (Å²) in [6.07, 6.45) is 0. The number of carbonyl (C=O) groups excluding carboxylic acids is 1. The SMILES string of the molecule is CC(C)(C)OC(=O)c1cc(S(N)(=O)=O)c(Br)o1. The average molecular weight is 326 g/mol. The van der Waals surface area contributed by atoms with E-state index in [9.17, 15) is 13.2 Å². The standard InChI is InChI=1S/C9H12BrNO5S/c1-9(2,3)16-8(12)5-4-6(7(10)15-5)17(11,13)14/h4H,1-3H3,(H2,11,13,14). The smallest absolute Gasteiger partial charge is 0.374 e. The maximum Gasteiger partial charge on any atom is 0.374 e. The predicted octanol–water partition coefficient (Wildman–Crippen LogP) is 1.64. The van der Waals surface area contributed by atoms with Gasteiger partial charge in [-0.1, -0.05) is 0 Å². The monoisotopic (exact) mass is 325 g/mol. The molecule has 2 N–H and O–H groups in total. The third kappa shape index (κ3) is 3.83. The molecule has 1 heterocycles. The first-order valence-electron chi connectivity index (χ1n) is 4.56. The molecular formula is C9H12BrNO5S. The van der Waals surface area contributed by atoms with Gasteiger partial charge in [0.15, 0.2) is 4.67 Å². The number of rotatable bonds is 2. The van der Waals surface area contributed by atoms with Gasteiger partial charge >= 0.3 is 5.97 Å². The van der Waals surface area contributed by atoms with E-state index < -0.39 is 21.6 Å². The maximum atomic E-state index is 11.6. The molecule has 0 aliphatic carbocycles. The molecule has 0 aliphatic heterocycles. The van der Waals surface area contributed by atoms with E-state index >= 15 is 0 Å². The van der Waals surface area contributed by atoms with Crippen LogP contribution in [0.15, 0.2) is 20.0 Å². The minimum absolute atomic E-state index is 0.124. The molecule has 6 nitrogen and oxygen atoms in total. The first-order valence-corrected chi connectivity index (χ1v) is 6.90. The van der Waals surface area contributed by atoms with Crippen LogP contribution in [0.3, 0.4) is 0 Å². The van der Waals surface area contributed by atoms with E-state index in [1.807, 2.05) is 0 Å². The molecule has 0 radical (unpaired) electrons. The fraction of sp³-hybridized carbons (Fsp3) is 0.444. The minimum atomic E-state index is -3.94. The highest BCUT2D eigenvalue weighted by Gasteiger charge is 2.25. The van der Waals surface area contributed by atoms with Crippen molar-refractivity contribution in [1.29, 1.82) is 0 Å². The first kappa shape index (κ1) is 14.2. The zero-order chi connectivity index (χ0) is 13.4. The molecular weight excluding hydrogens is 314 g/mol. The Bertz CT molecular complexity index is 540. The Morgan fingerprint density at radius 1 is 1.47 bits per heavy atom. The van der Waals surface area contributed by atoms with Gasteiger partial charge in [-0.25, -0.2) is 18.4 Å². The van der Waals surface area contributed by atoms with E-state index in [1.165, 1.54) is 0 Å². The zero-order valence-electron chi connectivity index (χ0n) is 9.48. The van der Waals surface area contributed by atoms with Crippen molar-refractivity contribution in [2.45, 2.75) is 31.3 Å². The van der Waals surface area contributed by atoms with Gasteiger partial charge in [-0.2, -0.15) is 0 Å². The number of esters is 1. The molecule has 0 unspecified atom stereocenters. The molecule has 0 aliphatic rings. The molecule has 0 amide bonds. The fourth-order valence-electron chi connectivity index (χ4n) is 0.975. The molecule has 1 aromatic heterocycles. The van der Waals surface area contributed by atoms with E-state index in [1.54, 1.807) is 20.8 Å². The number of nitrogens with two attached hydrogens (primary N) is 1. The van der Waals surface area contributed by atoms with Crippen LogP contribution < -0.4 is 5.14 Å². The van der Waals surface area contributed by atoms with Crippen LogP contribution in [0.4, 0.5) is 0 Å². The lowest BCUT2D eigenvalue weighted by molar-refractivity contribution is 0.00347. The van der Waals surface area contributed by atoms with E-state index in [2.05, 4.69) is 15.9 Å². The highest BCUT2D eigenvalue weighted by Crippen LogP contribution is 2.26. The lowest BCUT2D eigenvalue weighted by Crippen LogP contribution is -2.23. The van der Waals surface area contributed by atoms with Crippen LogP contribution in [0.2, 0.25) is 0 Å². The maximum absolute atomic E-state index is 11.6. The van der Waals surface area contributed by atoms with Crippen LogP contribution in [0.1, 0.15) is 31.3 Å². The topological polar surface area (TPSA) is 99.6 Å². The largest absolute Gasteiger partial charge is 0.454 e. The molecule has 0 fully saturated rings. The summed E-state index contributed by atoms with van der Waals surface area (Å²) in [6.45, 7) is 5.05. The number of halogens is 1. The molecule has 0 spiro atoms. The molecule has 0 bridgehead atoms. The van der Waals surface area contributed by atoms with Gasteiger partial charge < -0.3 is 9.15 Å². The summed E-state index contributed by atoms with van der Waals surface area (Å²) < 4.78 is 32.0. The van der Waals surface area contributed by atoms with Gasteiger partial charge in [0.2, 0.25) is 15.8 Å². The quantitative estimate of drug-likeness (QED) is 0.833.